The maximum Gasteiger partial charge on any atom is 0.139 e. The largest absolute Gasteiger partial charge is 0.464 e. The van der Waals surface area contributed by atoms with Gasteiger partial charge in [0.2, 0.25) is 0 Å². The molecule has 0 amide bonds. The second-order valence-electron chi connectivity index (χ2n) is 3.71. The van der Waals surface area contributed by atoms with Crippen LogP contribution < -0.4 is 5.32 Å². The predicted molar refractivity (Wildman–Crippen MR) is 70.1 cm³/mol. The highest BCUT2D eigenvalue weighted by Gasteiger charge is 2.05. The fourth-order valence-electron chi connectivity index (χ4n) is 1.59. The van der Waals surface area contributed by atoms with Crippen LogP contribution >= 0.6 is 15.9 Å². The smallest absolute Gasteiger partial charge is 0.139 e. The van der Waals surface area contributed by atoms with Gasteiger partial charge in [0.05, 0.1) is 11.6 Å². The minimum atomic E-state index is 0.573. The van der Waals surface area contributed by atoms with E-state index in [4.69, 9.17) is 4.42 Å². The van der Waals surface area contributed by atoms with Crippen molar-refractivity contribution in [2.45, 2.75) is 24.6 Å². The average molecular weight is 283 g/mol. The van der Waals surface area contributed by atoms with Crippen LogP contribution in [-0.4, -0.2) is 16.4 Å². The Balaban J connectivity index is 2.01. The number of pyridine rings is 1. The third-order valence-corrected chi connectivity index (χ3v) is 3.68. The number of nitrogens with zero attached hydrogens (tertiary/aromatic N) is 1. The van der Waals surface area contributed by atoms with Gasteiger partial charge in [0, 0.05) is 17.6 Å². The van der Waals surface area contributed by atoms with Gasteiger partial charge in [-0.05, 0) is 25.0 Å². The fraction of sp³-hybridized carbons (Fsp3) is 0.417. The Labute approximate surface area is 103 Å². The third kappa shape index (κ3) is 2.55. The van der Waals surface area contributed by atoms with Crippen molar-refractivity contribution >= 4 is 32.7 Å². The van der Waals surface area contributed by atoms with E-state index >= 15 is 0 Å². The van der Waals surface area contributed by atoms with Gasteiger partial charge in [-0.1, -0.05) is 22.9 Å². The molecule has 0 bridgehead atoms. The van der Waals surface area contributed by atoms with Gasteiger partial charge < -0.3 is 9.73 Å². The molecule has 0 aliphatic heterocycles. The predicted octanol–water partition coefficient (Wildman–Crippen LogP) is 3.80. The molecule has 86 valence electrons. The second-order valence-corrected chi connectivity index (χ2v) is 5.01. The summed E-state index contributed by atoms with van der Waals surface area (Å²) in [5.41, 5.74) is 0.878. The van der Waals surface area contributed by atoms with E-state index in [-0.39, 0.29) is 0 Å². The van der Waals surface area contributed by atoms with Crippen molar-refractivity contribution in [2.24, 2.45) is 0 Å². The van der Waals surface area contributed by atoms with E-state index in [9.17, 15) is 0 Å². The van der Waals surface area contributed by atoms with Crippen LogP contribution in [0.5, 0.6) is 0 Å². The standard InChI is InChI=1S/C12H15BrN2O/c1-2-9(13)3-6-14-12-10-5-8-16-11(10)4-7-15-12/h4-5,7-9H,2-3,6H2,1H3,(H,14,15). The van der Waals surface area contributed by atoms with Gasteiger partial charge in [0.25, 0.3) is 0 Å². The molecule has 4 heteroatoms. The Morgan fingerprint density at radius 3 is 3.19 bits per heavy atom. The maximum atomic E-state index is 5.32. The first kappa shape index (κ1) is 11.5. The van der Waals surface area contributed by atoms with Crippen molar-refractivity contribution in [1.29, 1.82) is 0 Å². The van der Waals surface area contributed by atoms with Crippen LogP contribution in [0.1, 0.15) is 19.8 Å². The highest BCUT2D eigenvalue weighted by atomic mass is 79.9. The summed E-state index contributed by atoms with van der Waals surface area (Å²) in [6.45, 7) is 3.09. The topological polar surface area (TPSA) is 38.1 Å². The van der Waals surface area contributed by atoms with Crippen LogP contribution in [0.4, 0.5) is 5.82 Å². The number of anilines is 1. The molecule has 1 unspecified atom stereocenters. The summed E-state index contributed by atoms with van der Waals surface area (Å²) in [5.74, 6) is 0.905. The lowest BCUT2D eigenvalue weighted by Gasteiger charge is -2.08. The van der Waals surface area contributed by atoms with E-state index in [0.29, 0.717) is 4.83 Å². The lowest BCUT2D eigenvalue weighted by atomic mass is 10.2. The zero-order chi connectivity index (χ0) is 11.4. The van der Waals surface area contributed by atoms with Gasteiger partial charge in [0.1, 0.15) is 11.4 Å². The fourth-order valence-corrected chi connectivity index (χ4v) is 1.82. The molecule has 0 fully saturated rings. The maximum absolute atomic E-state index is 5.32. The molecule has 2 aromatic heterocycles. The number of fused-ring (bicyclic) bond motifs is 1. The van der Waals surface area contributed by atoms with Crippen LogP contribution in [0.25, 0.3) is 11.0 Å². The molecule has 0 spiro atoms. The normalized spacial score (nSPS) is 12.9. The summed E-state index contributed by atoms with van der Waals surface area (Å²) in [5, 5.41) is 4.38. The van der Waals surface area contributed by atoms with Crippen LogP contribution in [0.2, 0.25) is 0 Å². The molecular formula is C12H15BrN2O. The highest BCUT2D eigenvalue weighted by molar-refractivity contribution is 9.09. The molecule has 1 N–H and O–H groups in total. The number of alkyl halides is 1. The monoisotopic (exact) mass is 282 g/mol. The summed E-state index contributed by atoms with van der Waals surface area (Å²) >= 11 is 3.61. The second kappa shape index (κ2) is 5.34. The molecular weight excluding hydrogens is 268 g/mol. The zero-order valence-electron chi connectivity index (χ0n) is 9.24. The molecule has 1 atom stereocenters. The summed E-state index contributed by atoms with van der Waals surface area (Å²) in [7, 11) is 0. The highest BCUT2D eigenvalue weighted by Crippen LogP contribution is 2.21. The molecule has 16 heavy (non-hydrogen) atoms. The van der Waals surface area contributed by atoms with Gasteiger partial charge in [-0.25, -0.2) is 4.98 Å². The molecule has 0 aromatic carbocycles. The van der Waals surface area contributed by atoms with Crippen LogP contribution in [0, 0.1) is 0 Å². The first-order valence-corrected chi connectivity index (χ1v) is 6.43. The molecule has 0 aliphatic carbocycles. The van der Waals surface area contributed by atoms with E-state index in [2.05, 4.69) is 33.2 Å². The summed E-state index contributed by atoms with van der Waals surface area (Å²) in [6, 6.07) is 3.82. The number of halogens is 1. The Bertz CT molecular complexity index is 455. The lowest BCUT2D eigenvalue weighted by Crippen LogP contribution is -2.08. The van der Waals surface area contributed by atoms with Gasteiger partial charge in [0.15, 0.2) is 0 Å². The van der Waals surface area contributed by atoms with Crippen molar-refractivity contribution in [3.8, 4) is 0 Å². The Morgan fingerprint density at radius 2 is 2.38 bits per heavy atom. The van der Waals surface area contributed by atoms with E-state index < -0.39 is 0 Å². The van der Waals surface area contributed by atoms with E-state index in [1.165, 1.54) is 0 Å². The molecule has 2 aromatic rings. The van der Waals surface area contributed by atoms with Crippen LogP contribution in [-0.2, 0) is 0 Å². The molecule has 2 heterocycles. The quantitative estimate of drug-likeness (QED) is 0.848. The minimum absolute atomic E-state index is 0.573. The summed E-state index contributed by atoms with van der Waals surface area (Å²) in [4.78, 5) is 4.89. The van der Waals surface area contributed by atoms with E-state index in [1.54, 1.807) is 12.5 Å². The van der Waals surface area contributed by atoms with Gasteiger partial charge in [-0.2, -0.15) is 0 Å². The van der Waals surface area contributed by atoms with E-state index in [0.717, 1.165) is 36.2 Å². The third-order valence-electron chi connectivity index (χ3n) is 2.57. The SMILES string of the molecule is CCC(Br)CCNc1nccc2occc12. The first-order chi connectivity index (χ1) is 7.81. The van der Waals surface area contributed by atoms with Crippen molar-refractivity contribution in [1.82, 2.24) is 4.98 Å². The molecule has 0 aliphatic rings. The van der Waals surface area contributed by atoms with Crippen molar-refractivity contribution in [3.63, 3.8) is 0 Å². The molecule has 0 radical (unpaired) electrons. The number of nitrogens with one attached hydrogen (secondary N) is 1. The number of hydrogen-bond donors (Lipinski definition) is 1. The Hall–Kier alpha value is -1.03. The van der Waals surface area contributed by atoms with Gasteiger partial charge >= 0.3 is 0 Å². The Kier molecular flexibility index (Phi) is 3.83. The number of hydrogen-bond acceptors (Lipinski definition) is 3. The van der Waals surface area contributed by atoms with Crippen molar-refractivity contribution in [3.05, 3.63) is 24.6 Å². The number of furan rings is 1. The van der Waals surface area contributed by atoms with Crippen LogP contribution in [0.15, 0.2) is 29.0 Å². The molecule has 3 nitrogen and oxygen atoms in total. The molecule has 0 saturated carbocycles. The minimum Gasteiger partial charge on any atom is -0.464 e. The lowest BCUT2D eigenvalue weighted by molar-refractivity contribution is 0.615. The summed E-state index contributed by atoms with van der Waals surface area (Å²) < 4.78 is 5.32. The Morgan fingerprint density at radius 1 is 1.50 bits per heavy atom. The number of rotatable bonds is 5. The van der Waals surface area contributed by atoms with Gasteiger partial charge in [-0.3, -0.25) is 0 Å². The van der Waals surface area contributed by atoms with Crippen molar-refractivity contribution < 1.29 is 4.42 Å². The van der Waals surface area contributed by atoms with Crippen LogP contribution in [0.3, 0.4) is 0 Å². The van der Waals surface area contributed by atoms with Crippen molar-refractivity contribution in [2.75, 3.05) is 11.9 Å². The zero-order valence-corrected chi connectivity index (χ0v) is 10.8. The van der Waals surface area contributed by atoms with Gasteiger partial charge in [-0.15, -0.1) is 0 Å². The average Bonchev–Trinajstić information content (AvgIpc) is 2.77. The molecule has 2 rings (SSSR count). The summed E-state index contributed by atoms with van der Waals surface area (Å²) in [6.07, 6.45) is 5.69. The number of aromatic nitrogens is 1. The first-order valence-electron chi connectivity index (χ1n) is 5.51. The van der Waals surface area contributed by atoms with E-state index in [1.807, 2.05) is 12.1 Å². The molecule has 0 saturated heterocycles.